The lowest BCUT2D eigenvalue weighted by Gasteiger charge is -2.14. The zero-order chi connectivity index (χ0) is 15.8. The molecule has 0 aliphatic heterocycles. The van der Waals surface area contributed by atoms with Crippen molar-refractivity contribution in [1.82, 2.24) is 5.32 Å². The Morgan fingerprint density at radius 2 is 1.86 bits per heavy atom. The Kier molecular flexibility index (Phi) is 6.68. The number of ether oxygens (including phenoxy) is 1. The molecule has 4 N–H and O–H groups in total. The molecule has 0 aliphatic carbocycles. The molecule has 0 aliphatic rings. The summed E-state index contributed by atoms with van der Waals surface area (Å²) in [4.78, 5) is 23.4. The summed E-state index contributed by atoms with van der Waals surface area (Å²) < 4.78 is 5.03. The number of rotatable bonds is 7. The van der Waals surface area contributed by atoms with Crippen molar-refractivity contribution in [2.24, 2.45) is 11.7 Å². The molecule has 0 heterocycles. The predicted molar refractivity (Wildman–Crippen MR) is 82.1 cm³/mol. The smallest absolute Gasteiger partial charge is 0.243 e. The Hall–Kier alpha value is -2.08. The number of hydrogen-bond acceptors (Lipinski definition) is 4. The highest BCUT2D eigenvalue weighted by Gasteiger charge is 2.15. The fraction of sp³-hybridized carbons (Fsp3) is 0.467. The van der Waals surface area contributed by atoms with Gasteiger partial charge in [0.2, 0.25) is 11.8 Å². The van der Waals surface area contributed by atoms with Gasteiger partial charge in [-0.25, -0.2) is 0 Å². The van der Waals surface area contributed by atoms with Gasteiger partial charge in [-0.3, -0.25) is 9.59 Å². The van der Waals surface area contributed by atoms with E-state index in [9.17, 15) is 9.59 Å². The van der Waals surface area contributed by atoms with Gasteiger partial charge in [-0.15, -0.1) is 0 Å². The van der Waals surface area contributed by atoms with Gasteiger partial charge in [0.05, 0.1) is 19.7 Å². The molecule has 0 aromatic heterocycles. The molecule has 1 rings (SSSR count). The van der Waals surface area contributed by atoms with Crippen LogP contribution in [0.3, 0.4) is 0 Å². The Morgan fingerprint density at radius 3 is 2.38 bits per heavy atom. The van der Waals surface area contributed by atoms with E-state index >= 15 is 0 Å². The number of hydrogen-bond donors (Lipinski definition) is 3. The number of amides is 2. The Bertz CT molecular complexity index is 472. The van der Waals surface area contributed by atoms with Gasteiger partial charge in [0, 0.05) is 5.69 Å². The van der Waals surface area contributed by atoms with Gasteiger partial charge in [0.15, 0.2) is 0 Å². The number of carbonyl (C=O) groups is 2. The maximum absolute atomic E-state index is 11.7. The molecular formula is C15H23N3O3. The SMILES string of the molecule is COc1ccc(NC(=O)CNC(=O)[C@@H](N)CC(C)C)cc1. The van der Waals surface area contributed by atoms with E-state index in [4.69, 9.17) is 10.5 Å². The van der Waals surface area contributed by atoms with Crippen LogP contribution >= 0.6 is 0 Å². The Labute approximate surface area is 125 Å². The van der Waals surface area contributed by atoms with Crippen LogP contribution in [0.5, 0.6) is 5.75 Å². The van der Waals surface area contributed by atoms with Crippen molar-refractivity contribution in [1.29, 1.82) is 0 Å². The zero-order valence-corrected chi connectivity index (χ0v) is 12.7. The summed E-state index contributed by atoms with van der Waals surface area (Å²) in [6.45, 7) is 3.88. The van der Waals surface area contributed by atoms with Gasteiger partial charge >= 0.3 is 0 Å². The van der Waals surface area contributed by atoms with Crippen LogP contribution in [0.15, 0.2) is 24.3 Å². The average Bonchev–Trinajstić information content (AvgIpc) is 2.44. The van der Waals surface area contributed by atoms with Crippen molar-refractivity contribution >= 4 is 17.5 Å². The fourth-order valence-corrected chi connectivity index (χ4v) is 1.79. The maximum atomic E-state index is 11.7. The van der Waals surface area contributed by atoms with Crippen LogP contribution < -0.4 is 21.1 Å². The molecular weight excluding hydrogens is 270 g/mol. The molecule has 0 bridgehead atoms. The normalized spacial score (nSPS) is 11.9. The first-order valence-electron chi connectivity index (χ1n) is 6.89. The lowest BCUT2D eigenvalue weighted by Crippen LogP contribution is -2.44. The van der Waals surface area contributed by atoms with Gasteiger partial charge in [-0.05, 0) is 36.6 Å². The van der Waals surface area contributed by atoms with Crippen LogP contribution in [0.4, 0.5) is 5.69 Å². The van der Waals surface area contributed by atoms with Gasteiger partial charge in [-0.2, -0.15) is 0 Å². The molecule has 0 spiro atoms. The summed E-state index contributed by atoms with van der Waals surface area (Å²) in [6.07, 6.45) is 0.589. The lowest BCUT2D eigenvalue weighted by molar-refractivity contribution is -0.125. The summed E-state index contributed by atoms with van der Waals surface area (Å²) in [6, 6.07) is 6.35. The van der Waals surface area contributed by atoms with E-state index in [0.717, 1.165) is 0 Å². The maximum Gasteiger partial charge on any atom is 0.243 e. The second-order valence-electron chi connectivity index (χ2n) is 5.23. The first-order chi connectivity index (χ1) is 9.92. The molecule has 116 valence electrons. The minimum atomic E-state index is -0.584. The topological polar surface area (TPSA) is 93.5 Å². The van der Waals surface area contributed by atoms with Crippen LogP contribution in [0.1, 0.15) is 20.3 Å². The predicted octanol–water partition coefficient (Wildman–Crippen LogP) is 1.12. The molecule has 21 heavy (non-hydrogen) atoms. The summed E-state index contributed by atoms with van der Waals surface area (Å²) in [7, 11) is 1.57. The summed E-state index contributed by atoms with van der Waals surface area (Å²) in [5.74, 6) is 0.429. The van der Waals surface area contributed by atoms with E-state index in [-0.39, 0.29) is 18.4 Å². The first-order valence-corrected chi connectivity index (χ1v) is 6.89. The van der Waals surface area contributed by atoms with Gasteiger partial charge in [0.25, 0.3) is 0 Å². The number of nitrogens with two attached hydrogens (primary N) is 1. The highest BCUT2D eigenvalue weighted by molar-refractivity contribution is 5.95. The summed E-state index contributed by atoms with van der Waals surface area (Å²) in [5.41, 5.74) is 6.37. The van der Waals surface area contributed by atoms with Crippen molar-refractivity contribution in [3.8, 4) is 5.75 Å². The molecule has 0 saturated heterocycles. The number of benzene rings is 1. The van der Waals surface area contributed by atoms with Crippen molar-refractivity contribution in [3.05, 3.63) is 24.3 Å². The minimum Gasteiger partial charge on any atom is -0.497 e. The van der Waals surface area contributed by atoms with E-state index in [0.29, 0.717) is 23.8 Å². The quantitative estimate of drug-likeness (QED) is 0.702. The van der Waals surface area contributed by atoms with E-state index < -0.39 is 6.04 Å². The van der Waals surface area contributed by atoms with Crippen molar-refractivity contribution < 1.29 is 14.3 Å². The van der Waals surface area contributed by atoms with Crippen LogP contribution in [0.25, 0.3) is 0 Å². The van der Waals surface area contributed by atoms with Crippen LogP contribution in [-0.4, -0.2) is 31.5 Å². The molecule has 0 radical (unpaired) electrons. The monoisotopic (exact) mass is 293 g/mol. The van der Waals surface area contributed by atoms with Crippen LogP contribution in [-0.2, 0) is 9.59 Å². The third-order valence-electron chi connectivity index (χ3n) is 2.86. The third-order valence-corrected chi connectivity index (χ3v) is 2.86. The fourth-order valence-electron chi connectivity index (χ4n) is 1.79. The Balaban J connectivity index is 2.38. The lowest BCUT2D eigenvalue weighted by atomic mass is 10.0. The van der Waals surface area contributed by atoms with Crippen LogP contribution in [0.2, 0.25) is 0 Å². The zero-order valence-electron chi connectivity index (χ0n) is 12.7. The van der Waals surface area contributed by atoms with E-state index in [1.807, 2.05) is 13.8 Å². The molecule has 6 nitrogen and oxygen atoms in total. The Morgan fingerprint density at radius 1 is 1.24 bits per heavy atom. The van der Waals surface area contributed by atoms with E-state index in [2.05, 4.69) is 10.6 Å². The second-order valence-corrected chi connectivity index (χ2v) is 5.23. The number of methoxy groups -OCH3 is 1. The molecule has 6 heteroatoms. The summed E-state index contributed by atoms with van der Waals surface area (Å²) in [5, 5.41) is 5.21. The molecule has 0 unspecified atom stereocenters. The highest BCUT2D eigenvalue weighted by atomic mass is 16.5. The van der Waals surface area contributed by atoms with Gasteiger partial charge < -0.3 is 21.1 Å². The standard InChI is InChI=1S/C15H23N3O3/c1-10(2)8-13(16)15(20)17-9-14(19)18-11-4-6-12(21-3)7-5-11/h4-7,10,13H,8-9,16H2,1-3H3,(H,17,20)(H,18,19)/t13-/m0/s1. The van der Waals surface area contributed by atoms with Crippen molar-refractivity contribution in [2.45, 2.75) is 26.3 Å². The molecule has 0 fully saturated rings. The number of carbonyl (C=O) groups excluding carboxylic acids is 2. The molecule has 2 amide bonds. The summed E-state index contributed by atoms with van der Waals surface area (Å²) >= 11 is 0. The molecule has 1 aromatic rings. The first kappa shape index (κ1) is 17.0. The largest absolute Gasteiger partial charge is 0.497 e. The van der Waals surface area contributed by atoms with Gasteiger partial charge in [0.1, 0.15) is 5.75 Å². The number of anilines is 1. The van der Waals surface area contributed by atoms with E-state index in [1.165, 1.54) is 0 Å². The third kappa shape index (κ3) is 6.27. The van der Waals surface area contributed by atoms with E-state index in [1.54, 1.807) is 31.4 Å². The average molecular weight is 293 g/mol. The van der Waals surface area contributed by atoms with Crippen LogP contribution in [0, 0.1) is 5.92 Å². The molecule has 0 saturated carbocycles. The van der Waals surface area contributed by atoms with Crippen molar-refractivity contribution in [2.75, 3.05) is 19.0 Å². The highest BCUT2D eigenvalue weighted by Crippen LogP contribution is 2.14. The number of nitrogens with one attached hydrogen (secondary N) is 2. The van der Waals surface area contributed by atoms with Gasteiger partial charge in [-0.1, -0.05) is 13.8 Å². The molecule has 1 aromatic carbocycles. The van der Waals surface area contributed by atoms with Crippen molar-refractivity contribution in [3.63, 3.8) is 0 Å². The second kappa shape index (κ2) is 8.26. The molecule has 1 atom stereocenters. The minimum absolute atomic E-state index is 0.101.